The number of nitrogens with one attached hydrogen (secondary N) is 2. The van der Waals surface area contributed by atoms with E-state index in [1.165, 1.54) is 11.1 Å². The summed E-state index contributed by atoms with van der Waals surface area (Å²) >= 11 is 0. The van der Waals surface area contributed by atoms with E-state index in [1.807, 2.05) is 91.2 Å². The van der Waals surface area contributed by atoms with E-state index >= 15 is 0 Å². The normalized spacial score (nSPS) is 10.8. The van der Waals surface area contributed by atoms with Crippen molar-refractivity contribution in [2.24, 2.45) is 0 Å². The Bertz CT molecular complexity index is 1110. The Kier molecular flexibility index (Phi) is 4.81. The maximum Gasteiger partial charge on any atom is 0.320 e. The molecule has 0 saturated heterocycles. The van der Waals surface area contributed by atoms with Gasteiger partial charge in [0.15, 0.2) is 0 Å². The summed E-state index contributed by atoms with van der Waals surface area (Å²) in [6, 6.07) is 21.7. The first-order valence-electron chi connectivity index (χ1n) is 9.25. The number of nitrogens with zero attached hydrogens (tertiary/aromatic N) is 2. The Balaban J connectivity index is 1.59. The number of hydrogen-bond acceptors (Lipinski definition) is 2. The van der Waals surface area contributed by atoms with Crippen LogP contribution in [0.1, 0.15) is 16.7 Å². The minimum atomic E-state index is -0.264. The second kappa shape index (κ2) is 7.56. The number of imidazole rings is 1. The second-order valence-corrected chi connectivity index (χ2v) is 6.90. The molecule has 2 amide bonds. The lowest BCUT2D eigenvalue weighted by Crippen LogP contribution is -2.28. The van der Waals surface area contributed by atoms with Crippen molar-refractivity contribution in [3.05, 3.63) is 89.6 Å². The summed E-state index contributed by atoms with van der Waals surface area (Å²) in [6.07, 6.45) is 1.90. The number of hydrogen-bond donors (Lipinski definition) is 2. The molecule has 0 radical (unpaired) electrons. The van der Waals surface area contributed by atoms with E-state index in [-0.39, 0.29) is 6.03 Å². The molecule has 140 valence electrons. The number of aryl methyl sites for hydroxylation is 2. The van der Waals surface area contributed by atoms with Crippen LogP contribution in [0.25, 0.3) is 16.9 Å². The van der Waals surface area contributed by atoms with Crippen LogP contribution in [0.3, 0.4) is 0 Å². The molecule has 2 aromatic heterocycles. The lowest BCUT2D eigenvalue weighted by molar-refractivity contribution is 0.251. The number of anilines is 1. The first kappa shape index (κ1) is 17.8. The van der Waals surface area contributed by atoms with Crippen molar-refractivity contribution in [3.8, 4) is 11.3 Å². The van der Waals surface area contributed by atoms with Gasteiger partial charge in [0.2, 0.25) is 0 Å². The predicted octanol–water partition coefficient (Wildman–Crippen LogP) is 4.94. The standard InChI is InChI=1S/C23H22N4O/c1-16-6-10-18(11-7-16)15-24-23(28)26-22-21(19-12-8-17(2)9-13-19)25-20-5-3-4-14-27(20)22/h3-14H,15H2,1-2H3,(H2,24,26,28). The van der Waals surface area contributed by atoms with Crippen LogP contribution in [0.5, 0.6) is 0 Å². The average molecular weight is 370 g/mol. The van der Waals surface area contributed by atoms with Crippen molar-refractivity contribution >= 4 is 17.5 Å². The van der Waals surface area contributed by atoms with E-state index in [0.717, 1.165) is 22.5 Å². The highest BCUT2D eigenvalue weighted by Crippen LogP contribution is 2.28. The van der Waals surface area contributed by atoms with Gasteiger partial charge in [0.25, 0.3) is 0 Å². The molecular weight excluding hydrogens is 348 g/mol. The third-order valence-corrected chi connectivity index (χ3v) is 4.66. The topological polar surface area (TPSA) is 58.4 Å². The number of amides is 2. The molecule has 5 heteroatoms. The van der Waals surface area contributed by atoms with Gasteiger partial charge < -0.3 is 5.32 Å². The van der Waals surface area contributed by atoms with Crippen molar-refractivity contribution in [2.75, 3.05) is 5.32 Å². The SMILES string of the molecule is Cc1ccc(CNC(=O)Nc2c(-c3ccc(C)cc3)nc3ccccn23)cc1. The van der Waals surface area contributed by atoms with Crippen LogP contribution in [-0.2, 0) is 6.54 Å². The van der Waals surface area contributed by atoms with Gasteiger partial charge in [-0.05, 0) is 31.5 Å². The van der Waals surface area contributed by atoms with Gasteiger partial charge in [0.05, 0.1) is 0 Å². The van der Waals surface area contributed by atoms with Gasteiger partial charge in [0, 0.05) is 18.3 Å². The van der Waals surface area contributed by atoms with E-state index in [0.29, 0.717) is 12.4 Å². The molecule has 2 N–H and O–H groups in total. The number of pyridine rings is 1. The lowest BCUT2D eigenvalue weighted by Gasteiger charge is -2.10. The molecule has 2 aromatic carbocycles. The zero-order valence-corrected chi connectivity index (χ0v) is 15.9. The Hall–Kier alpha value is -3.60. The Morgan fingerprint density at radius 3 is 2.32 bits per heavy atom. The molecule has 0 unspecified atom stereocenters. The number of fused-ring (bicyclic) bond motifs is 1. The molecule has 0 bridgehead atoms. The Morgan fingerprint density at radius 2 is 1.61 bits per heavy atom. The fourth-order valence-corrected chi connectivity index (χ4v) is 3.07. The molecule has 4 aromatic rings. The van der Waals surface area contributed by atoms with Crippen molar-refractivity contribution in [1.29, 1.82) is 0 Å². The number of carbonyl (C=O) groups is 1. The third-order valence-electron chi connectivity index (χ3n) is 4.66. The highest BCUT2D eigenvalue weighted by molar-refractivity contribution is 5.93. The van der Waals surface area contributed by atoms with Crippen molar-refractivity contribution in [3.63, 3.8) is 0 Å². The molecule has 0 aliphatic heterocycles. The van der Waals surface area contributed by atoms with Crippen LogP contribution in [0, 0.1) is 13.8 Å². The van der Waals surface area contributed by atoms with Crippen LogP contribution in [-0.4, -0.2) is 15.4 Å². The van der Waals surface area contributed by atoms with Crippen LogP contribution in [0.2, 0.25) is 0 Å². The molecule has 5 nitrogen and oxygen atoms in total. The maximum absolute atomic E-state index is 12.6. The summed E-state index contributed by atoms with van der Waals surface area (Å²) in [4.78, 5) is 17.3. The van der Waals surface area contributed by atoms with Crippen LogP contribution in [0.4, 0.5) is 10.6 Å². The number of carbonyl (C=O) groups excluding carboxylic acids is 1. The summed E-state index contributed by atoms with van der Waals surface area (Å²) in [5.74, 6) is 0.654. The molecule has 0 aliphatic carbocycles. The fraction of sp³-hybridized carbons (Fsp3) is 0.130. The van der Waals surface area contributed by atoms with Gasteiger partial charge in [0.1, 0.15) is 17.2 Å². The molecular formula is C23H22N4O. The van der Waals surface area contributed by atoms with Gasteiger partial charge in [-0.15, -0.1) is 0 Å². The predicted molar refractivity (Wildman–Crippen MR) is 112 cm³/mol. The Labute approximate surface area is 164 Å². The smallest absolute Gasteiger partial charge is 0.320 e. The van der Waals surface area contributed by atoms with E-state index in [4.69, 9.17) is 4.98 Å². The van der Waals surface area contributed by atoms with E-state index in [2.05, 4.69) is 10.6 Å². The zero-order chi connectivity index (χ0) is 19.5. The van der Waals surface area contributed by atoms with Gasteiger partial charge in [-0.3, -0.25) is 9.72 Å². The number of rotatable bonds is 4. The zero-order valence-electron chi connectivity index (χ0n) is 15.9. The average Bonchev–Trinajstić information content (AvgIpc) is 3.07. The maximum atomic E-state index is 12.6. The highest BCUT2D eigenvalue weighted by Gasteiger charge is 2.16. The third kappa shape index (κ3) is 3.74. The van der Waals surface area contributed by atoms with Gasteiger partial charge in [-0.25, -0.2) is 9.78 Å². The fourth-order valence-electron chi connectivity index (χ4n) is 3.07. The number of urea groups is 1. The first-order chi connectivity index (χ1) is 13.6. The highest BCUT2D eigenvalue weighted by atomic mass is 16.2. The number of benzene rings is 2. The quantitative estimate of drug-likeness (QED) is 0.534. The van der Waals surface area contributed by atoms with Crippen molar-refractivity contribution < 1.29 is 4.79 Å². The van der Waals surface area contributed by atoms with E-state index < -0.39 is 0 Å². The minimum Gasteiger partial charge on any atom is -0.334 e. The largest absolute Gasteiger partial charge is 0.334 e. The summed E-state index contributed by atoms with van der Waals surface area (Å²) in [5, 5.41) is 5.90. The molecule has 28 heavy (non-hydrogen) atoms. The van der Waals surface area contributed by atoms with Gasteiger partial charge >= 0.3 is 6.03 Å². The molecule has 0 saturated carbocycles. The Morgan fingerprint density at radius 1 is 0.929 bits per heavy atom. The van der Waals surface area contributed by atoms with Crippen molar-refractivity contribution in [1.82, 2.24) is 14.7 Å². The second-order valence-electron chi connectivity index (χ2n) is 6.90. The van der Waals surface area contributed by atoms with Gasteiger partial charge in [-0.1, -0.05) is 65.7 Å². The summed E-state index contributed by atoms with van der Waals surface area (Å²) in [5.41, 5.74) is 5.92. The monoisotopic (exact) mass is 370 g/mol. The van der Waals surface area contributed by atoms with Crippen molar-refractivity contribution in [2.45, 2.75) is 20.4 Å². The summed E-state index contributed by atoms with van der Waals surface area (Å²) in [6.45, 7) is 4.55. The van der Waals surface area contributed by atoms with Crippen LogP contribution in [0.15, 0.2) is 72.9 Å². The summed E-state index contributed by atoms with van der Waals surface area (Å²) in [7, 11) is 0. The first-order valence-corrected chi connectivity index (χ1v) is 9.25. The van der Waals surface area contributed by atoms with E-state index in [9.17, 15) is 4.79 Å². The molecule has 0 fully saturated rings. The van der Waals surface area contributed by atoms with E-state index in [1.54, 1.807) is 0 Å². The molecule has 0 atom stereocenters. The molecule has 2 heterocycles. The lowest BCUT2D eigenvalue weighted by atomic mass is 10.1. The molecule has 0 spiro atoms. The van der Waals surface area contributed by atoms with Crippen LogP contribution >= 0.6 is 0 Å². The van der Waals surface area contributed by atoms with Crippen LogP contribution < -0.4 is 10.6 Å². The van der Waals surface area contributed by atoms with Gasteiger partial charge in [-0.2, -0.15) is 0 Å². The number of aromatic nitrogens is 2. The molecule has 0 aliphatic rings. The molecule has 4 rings (SSSR count). The minimum absolute atomic E-state index is 0.264. The summed E-state index contributed by atoms with van der Waals surface area (Å²) < 4.78 is 1.89.